The van der Waals surface area contributed by atoms with Crippen molar-refractivity contribution >= 4 is 11.6 Å². The first kappa shape index (κ1) is 14.0. The number of ether oxygens (including phenoxy) is 1. The molecule has 0 aliphatic carbocycles. The van der Waals surface area contributed by atoms with Crippen molar-refractivity contribution in [2.75, 3.05) is 11.9 Å². The molecule has 0 saturated carbocycles. The Labute approximate surface area is 116 Å². The van der Waals surface area contributed by atoms with Gasteiger partial charge in [0, 0.05) is 18.7 Å². The van der Waals surface area contributed by atoms with Gasteiger partial charge in [0.25, 0.3) is 0 Å². The number of rotatable bonds is 5. The van der Waals surface area contributed by atoms with Crippen molar-refractivity contribution in [3.63, 3.8) is 0 Å². The van der Waals surface area contributed by atoms with E-state index in [9.17, 15) is 9.18 Å². The summed E-state index contributed by atoms with van der Waals surface area (Å²) in [7, 11) is 0. The SMILES string of the molecule is NCCC(=O)Nc1ccc(Oc2ccc(F)cc2)cc1. The molecular weight excluding hydrogens is 259 g/mol. The summed E-state index contributed by atoms with van der Waals surface area (Å²) in [6, 6.07) is 12.7. The Morgan fingerprint density at radius 3 is 2.15 bits per heavy atom. The predicted octanol–water partition coefficient (Wildman–Crippen LogP) is 2.91. The minimum Gasteiger partial charge on any atom is -0.457 e. The van der Waals surface area contributed by atoms with Gasteiger partial charge in [0.2, 0.25) is 5.91 Å². The average molecular weight is 274 g/mol. The quantitative estimate of drug-likeness (QED) is 0.881. The van der Waals surface area contributed by atoms with E-state index in [1.807, 2.05) is 0 Å². The molecule has 5 heteroatoms. The van der Waals surface area contributed by atoms with Gasteiger partial charge in [-0.3, -0.25) is 4.79 Å². The van der Waals surface area contributed by atoms with E-state index in [2.05, 4.69) is 5.32 Å². The minimum absolute atomic E-state index is 0.125. The summed E-state index contributed by atoms with van der Waals surface area (Å²) >= 11 is 0. The Hall–Kier alpha value is -2.40. The molecule has 2 aromatic rings. The second-order valence-corrected chi connectivity index (χ2v) is 4.17. The maximum Gasteiger partial charge on any atom is 0.225 e. The van der Waals surface area contributed by atoms with Crippen molar-refractivity contribution in [2.45, 2.75) is 6.42 Å². The molecule has 0 aliphatic rings. The molecule has 3 N–H and O–H groups in total. The maximum absolute atomic E-state index is 12.8. The summed E-state index contributed by atoms with van der Waals surface area (Å²) in [6.45, 7) is 0.317. The first-order valence-electron chi connectivity index (χ1n) is 6.21. The van der Waals surface area contributed by atoms with Crippen LogP contribution in [0.25, 0.3) is 0 Å². The van der Waals surface area contributed by atoms with Gasteiger partial charge in [-0.1, -0.05) is 0 Å². The zero-order chi connectivity index (χ0) is 14.4. The van der Waals surface area contributed by atoms with E-state index < -0.39 is 0 Å². The zero-order valence-corrected chi connectivity index (χ0v) is 10.8. The van der Waals surface area contributed by atoms with Crippen LogP contribution in [0, 0.1) is 5.82 Å². The fraction of sp³-hybridized carbons (Fsp3) is 0.133. The van der Waals surface area contributed by atoms with Gasteiger partial charge < -0.3 is 15.8 Å². The lowest BCUT2D eigenvalue weighted by molar-refractivity contribution is -0.116. The van der Waals surface area contributed by atoms with Crippen LogP contribution >= 0.6 is 0 Å². The number of hydrogen-bond donors (Lipinski definition) is 2. The number of benzene rings is 2. The van der Waals surface area contributed by atoms with E-state index in [-0.39, 0.29) is 18.1 Å². The highest BCUT2D eigenvalue weighted by atomic mass is 19.1. The molecule has 0 aromatic heterocycles. The lowest BCUT2D eigenvalue weighted by Crippen LogP contribution is -2.15. The molecular formula is C15H15FN2O2. The number of anilines is 1. The second-order valence-electron chi connectivity index (χ2n) is 4.17. The highest BCUT2D eigenvalue weighted by molar-refractivity contribution is 5.90. The van der Waals surface area contributed by atoms with E-state index >= 15 is 0 Å². The molecule has 104 valence electrons. The molecule has 4 nitrogen and oxygen atoms in total. The summed E-state index contributed by atoms with van der Waals surface area (Å²) in [6.07, 6.45) is 0.286. The van der Waals surface area contributed by atoms with Gasteiger partial charge in [0.05, 0.1) is 0 Å². The number of hydrogen-bond acceptors (Lipinski definition) is 3. The van der Waals surface area contributed by atoms with E-state index in [0.29, 0.717) is 23.7 Å². The molecule has 0 unspecified atom stereocenters. The van der Waals surface area contributed by atoms with Crippen molar-refractivity contribution in [1.82, 2.24) is 0 Å². The van der Waals surface area contributed by atoms with Gasteiger partial charge in [-0.15, -0.1) is 0 Å². The van der Waals surface area contributed by atoms with Crippen LogP contribution in [0.5, 0.6) is 11.5 Å². The van der Waals surface area contributed by atoms with E-state index in [0.717, 1.165) is 0 Å². The van der Waals surface area contributed by atoms with Gasteiger partial charge in [-0.05, 0) is 48.5 Å². The highest BCUT2D eigenvalue weighted by Gasteiger charge is 2.02. The summed E-state index contributed by atoms with van der Waals surface area (Å²) in [5.41, 5.74) is 5.97. The number of carbonyl (C=O) groups is 1. The Bertz CT molecular complexity index is 567. The number of carbonyl (C=O) groups excluding carboxylic acids is 1. The molecule has 2 aromatic carbocycles. The Balaban J connectivity index is 1.97. The van der Waals surface area contributed by atoms with Crippen molar-refractivity contribution in [3.05, 3.63) is 54.3 Å². The average Bonchev–Trinajstić information content (AvgIpc) is 2.44. The second kappa shape index (κ2) is 6.68. The number of nitrogens with two attached hydrogens (primary N) is 1. The van der Waals surface area contributed by atoms with Gasteiger partial charge in [0.1, 0.15) is 17.3 Å². The van der Waals surface area contributed by atoms with Gasteiger partial charge in [0.15, 0.2) is 0 Å². The molecule has 0 heterocycles. The normalized spacial score (nSPS) is 10.1. The maximum atomic E-state index is 12.8. The van der Waals surface area contributed by atoms with Crippen LogP contribution in [0.1, 0.15) is 6.42 Å². The monoisotopic (exact) mass is 274 g/mol. The van der Waals surface area contributed by atoms with Gasteiger partial charge in [-0.25, -0.2) is 4.39 Å². The predicted molar refractivity (Wildman–Crippen MR) is 75.2 cm³/mol. The largest absolute Gasteiger partial charge is 0.457 e. The van der Waals surface area contributed by atoms with Crippen molar-refractivity contribution in [2.24, 2.45) is 5.73 Å². The molecule has 20 heavy (non-hydrogen) atoms. The van der Waals surface area contributed by atoms with E-state index in [4.69, 9.17) is 10.5 Å². The summed E-state index contributed by atoms with van der Waals surface area (Å²) < 4.78 is 18.3. The van der Waals surface area contributed by atoms with Gasteiger partial charge in [-0.2, -0.15) is 0 Å². The third-order valence-corrected chi connectivity index (χ3v) is 2.56. The minimum atomic E-state index is -0.310. The van der Waals surface area contributed by atoms with Crippen LogP contribution in [-0.4, -0.2) is 12.5 Å². The molecule has 0 spiro atoms. The number of amides is 1. The standard InChI is InChI=1S/C15H15FN2O2/c16-11-1-5-13(6-2-11)20-14-7-3-12(4-8-14)18-15(19)9-10-17/h1-8H,9-10,17H2,(H,18,19). The van der Waals surface area contributed by atoms with E-state index in [1.54, 1.807) is 36.4 Å². The summed E-state index contributed by atoms with van der Waals surface area (Å²) in [5.74, 6) is 0.717. The van der Waals surface area contributed by atoms with Crippen LogP contribution in [0.3, 0.4) is 0 Å². The van der Waals surface area contributed by atoms with Crippen LogP contribution in [0.4, 0.5) is 10.1 Å². The van der Waals surface area contributed by atoms with Crippen molar-refractivity contribution in [1.29, 1.82) is 0 Å². The molecule has 0 bridgehead atoms. The first-order valence-corrected chi connectivity index (χ1v) is 6.21. The Morgan fingerprint density at radius 2 is 1.60 bits per heavy atom. The molecule has 0 atom stereocenters. The first-order chi connectivity index (χ1) is 9.67. The van der Waals surface area contributed by atoms with Crippen LogP contribution in [0.2, 0.25) is 0 Å². The molecule has 0 saturated heterocycles. The molecule has 2 rings (SSSR count). The smallest absolute Gasteiger partial charge is 0.225 e. The fourth-order valence-electron chi connectivity index (χ4n) is 1.60. The zero-order valence-electron chi connectivity index (χ0n) is 10.8. The molecule has 0 radical (unpaired) electrons. The Morgan fingerprint density at radius 1 is 1.05 bits per heavy atom. The van der Waals surface area contributed by atoms with Crippen molar-refractivity contribution in [3.8, 4) is 11.5 Å². The number of nitrogens with one attached hydrogen (secondary N) is 1. The molecule has 0 fully saturated rings. The fourth-order valence-corrected chi connectivity index (χ4v) is 1.60. The highest BCUT2D eigenvalue weighted by Crippen LogP contribution is 2.23. The lowest BCUT2D eigenvalue weighted by Gasteiger charge is -2.07. The topological polar surface area (TPSA) is 64.4 Å². The summed E-state index contributed by atoms with van der Waals surface area (Å²) in [5, 5.41) is 2.72. The summed E-state index contributed by atoms with van der Waals surface area (Å²) in [4.78, 5) is 11.4. The number of halogens is 1. The van der Waals surface area contributed by atoms with Gasteiger partial charge >= 0.3 is 0 Å². The van der Waals surface area contributed by atoms with E-state index in [1.165, 1.54) is 12.1 Å². The van der Waals surface area contributed by atoms with Crippen LogP contribution < -0.4 is 15.8 Å². The Kier molecular flexibility index (Phi) is 4.68. The third-order valence-electron chi connectivity index (χ3n) is 2.56. The molecule has 0 aliphatic heterocycles. The van der Waals surface area contributed by atoms with Crippen molar-refractivity contribution < 1.29 is 13.9 Å². The lowest BCUT2D eigenvalue weighted by atomic mass is 10.3. The van der Waals surface area contributed by atoms with Crippen LogP contribution in [-0.2, 0) is 4.79 Å². The molecule has 1 amide bonds. The third kappa shape index (κ3) is 4.07. The van der Waals surface area contributed by atoms with Crippen LogP contribution in [0.15, 0.2) is 48.5 Å².